The number of aliphatic carboxylic acids is 1. The molecule has 3 rings (SSSR count). The molecular formula is C21H22N4O2. The fraction of sp³-hybridized carbons (Fsp3) is 0.238. The Morgan fingerprint density at radius 2 is 1.59 bits per heavy atom. The highest BCUT2D eigenvalue weighted by molar-refractivity contribution is 5.69. The van der Waals surface area contributed by atoms with Crippen LogP contribution in [0.3, 0.4) is 0 Å². The van der Waals surface area contributed by atoms with E-state index in [1.807, 2.05) is 66.4 Å². The normalized spacial score (nSPS) is 11.1. The lowest BCUT2D eigenvalue weighted by atomic mass is 10.1. The Hall–Kier alpha value is -3.12. The second kappa shape index (κ2) is 9.00. The van der Waals surface area contributed by atoms with Gasteiger partial charge in [0.2, 0.25) is 0 Å². The molecule has 0 aliphatic carbocycles. The maximum atomic E-state index is 11.6. The van der Waals surface area contributed by atoms with Gasteiger partial charge in [0.15, 0.2) is 0 Å². The maximum absolute atomic E-state index is 11.6. The minimum absolute atomic E-state index is 0.143. The van der Waals surface area contributed by atoms with Gasteiger partial charge in [-0.25, -0.2) is 0 Å². The fourth-order valence-electron chi connectivity index (χ4n) is 3.04. The van der Waals surface area contributed by atoms with Crippen LogP contribution >= 0.6 is 0 Å². The van der Waals surface area contributed by atoms with Crippen LogP contribution < -0.4 is 0 Å². The molecule has 0 aliphatic rings. The van der Waals surface area contributed by atoms with Crippen LogP contribution in [0.1, 0.15) is 35.7 Å². The number of carboxylic acids is 1. The van der Waals surface area contributed by atoms with Crippen LogP contribution in [0.15, 0.2) is 67.0 Å². The Morgan fingerprint density at radius 1 is 0.963 bits per heavy atom. The summed E-state index contributed by atoms with van der Waals surface area (Å²) in [5.41, 5.74) is 3.32. The molecule has 27 heavy (non-hydrogen) atoms. The van der Waals surface area contributed by atoms with Gasteiger partial charge >= 0.3 is 5.97 Å². The van der Waals surface area contributed by atoms with E-state index >= 15 is 0 Å². The molecule has 0 aliphatic heterocycles. The highest BCUT2D eigenvalue weighted by Gasteiger charge is 2.27. The Morgan fingerprint density at radius 3 is 2.11 bits per heavy atom. The van der Waals surface area contributed by atoms with Crippen molar-refractivity contribution < 1.29 is 9.90 Å². The molecular weight excluding hydrogens is 340 g/mol. The Kier molecular flexibility index (Phi) is 6.22. The second-order valence-electron chi connectivity index (χ2n) is 6.18. The lowest BCUT2D eigenvalue weighted by Crippen LogP contribution is -2.35. The molecule has 0 unspecified atom stereocenters. The Balaban J connectivity index is 2.01. The zero-order valence-corrected chi connectivity index (χ0v) is 15.2. The van der Waals surface area contributed by atoms with Gasteiger partial charge in [-0.2, -0.15) is 0 Å². The number of nitrogens with zero attached hydrogens (tertiary/aromatic N) is 4. The summed E-state index contributed by atoms with van der Waals surface area (Å²) in [6.07, 6.45) is 4.25. The van der Waals surface area contributed by atoms with E-state index in [9.17, 15) is 9.90 Å². The average Bonchev–Trinajstić information content (AvgIpc) is 2.69. The van der Waals surface area contributed by atoms with Crippen LogP contribution in [-0.4, -0.2) is 37.5 Å². The van der Waals surface area contributed by atoms with E-state index < -0.39 is 5.97 Å². The smallest absolute Gasteiger partial charge is 0.317 e. The van der Waals surface area contributed by atoms with E-state index in [1.54, 1.807) is 12.4 Å². The first-order chi connectivity index (χ1) is 13.2. The number of pyridine rings is 3. The number of rotatable bonds is 8. The molecule has 0 aromatic carbocycles. The molecule has 0 atom stereocenters. The number of carbonyl (C=O) groups is 1. The van der Waals surface area contributed by atoms with Gasteiger partial charge in [0.1, 0.15) is 0 Å². The largest absolute Gasteiger partial charge is 0.480 e. The SMILES string of the molecule is CCc1cccc(CN(CC(=O)O)C(c2ccccn2)c2ccccn2)n1. The van der Waals surface area contributed by atoms with Crippen molar-refractivity contribution in [2.24, 2.45) is 0 Å². The molecule has 0 radical (unpaired) electrons. The van der Waals surface area contributed by atoms with E-state index in [2.05, 4.69) is 15.0 Å². The van der Waals surface area contributed by atoms with E-state index in [0.717, 1.165) is 29.2 Å². The quantitative estimate of drug-likeness (QED) is 0.663. The Bertz CT molecular complexity index is 832. The zero-order valence-electron chi connectivity index (χ0n) is 15.2. The molecule has 3 aromatic rings. The lowest BCUT2D eigenvalue weighted by Gasteiger charge is -2.29. The van der Waals surface area contributed by atoms with Crippen molar-refractivity contribution in [2.45, 2.75) is 25.9 Å². The van der Waals surface area contributed by atoms with Gasteiger partial charge in [-0.15, -0.1) is 0 Å². The molecule has 138 valence electrons. The molecule has 0 saturated carbocycles. The third-order valence-electron chi connectivity index (χ3n) is 4.23. The first-order valence-corrected chi connectivity index (χ1v) is 8.90. The summed E-state index contributed by atoms with van der Waals surface area (Å²) in [7, 11) is 0. The number of carboxylic acid groups (broad SMARTS) is 1. The molecule has 0 saturated heterocycles. The van der Waals surface area contributed by atoms with Crippen molar-refractivity contribution in [3.8, 4) is 0 Å². The summed E-state index contributed by atoms with van der Waals surface area (Å²) >= 11 is 0. The number of hydrogen-bond donors (Lipinski definition) is 1. The third-order valence-corrected chi connectivity index (χ3v) is 4.23. The topological polar surface area (TPSA) is 79.2 Å². The van der Waals surface area contributed by atoms with Crippen molar-refractivity contribution >= 4 is 5.97 Å². The van der Waals surface area contributed by atoms with Crippen molar-refractivity contribution in [1.82, 2.24) is 19.9 Å². The van der Waals surface area contributed by atoms with Crippen molar-refractivity contribution in [3.05, 3.63) is 89.8 Å². The molecule has 1 N–H and O–H groups in total. The van der Waals surface area contributed by atoms with Crippen LogP contribution in [0.25, 0.3) is 0 Å². The molecule has 6 heteroatoms. The van der Waals surface area contributed by atoms with Gasteiger partial charge in [0.25, 0.3) is 0 Å². The summed E-state index contributed by atoms with van der Waals surface area (Å²) < 4.78 is 0. The number of hydrogen-bond acceptors (Lipinski definition) is 5. The van der Waals surface area contributed by atoms with Crippen LogP contribution in [0.2, 0.25) is 0 Å². The van der Waals surface area contributed by atoms with Gasteiger partial charge in [-0.3, -0.25) is 24.6 Å². The van der Waals surface area contributed by atoms with Crippen molar-refractivity contribution in [2.75, 3.05) is 6.54 Å². The maximum Gasteiger partial charge on any atom is 0.317 e. The van der Waals surface area contributed by atoms with Gasteiger partial charge < -0.3 is 5.11 Å². The summed E-state index contributed by atoms with van der Waals surface area (Å²) in [5, 5.41) is 9.50. The molecule has 6 nitrogen and oxygen atoms in total. The van der Waals surface area contributed by atoms with Crippen molar-refractivity contribution in [3.63, 3.8) is 0 Å². The highest BCUT2D eigenvalue weighted by Crippen LogP contribution is 2.27. The van der Waals surface area contributed by atoms with Crippen molar-refractivity contribution in [1.29, 1.82) is 0 Å². The summed E-state index contributed by atoms with van der Waals surface area (Å²) in [6.45, 7) is 2.29. The molecule has 0 spiro atoms. The summed E-state index contributed by atoms with van der Waals surface area (Å²) in [4.78, 5) is 27.0. The number of aromatic nitrogens is 3. The van der Waals surface area contributed by atoms with Gasteiger partial charge in [-0.05, 0) is 42.8 Å². The van der Waals surface area contributed by atoms with Gasteiger partial charge in [-0.1, -0.05) is 25.1 Å². The van der Waals surface area contributed by atoms with Gasteiger partial charge in [0.05, 0.1) is 29.7 Å². The van der Waals surface area contributed by atoms with E-state index in [4.69, 9.17) is 0 Å². The first-order valence-electron chi connectivity index (χ1n) is 8.90. The minimum atomic E-state index is -0.904. The standard InChI is InChI=1S/C21H22N4O2/c1-2-16-8-7-9-17(24-16)14-25(15-20(26)27)21(18-10-3-5-12-22-18)19-11-4-6-13-23-19/h3-13,21H,2,14-15H2,1H3,(H,26,27). The van der Waals surface area contributed by atoms with Crippen LogP contribution in [0.4, 0.5) is 0 Å². The highest BCUT2D eigenvalue weighted by atomic mass is 16.4. The summed E-state index contributed by atoms with van der Waals surface area (Å²) in [5.74, 6) is -0.904. The van der Waals surface area contributed by atoms with Crippen LogP contribution in [-0.2, 0) is 17.8 Å². The van der Waals surface area contributed by atoms with Crippen LogP contribution in [0, 0.1) is 0 Å². The first kappa shape index (κ1) is 18.7. The summed E-state index contributed by atoms with van der Waals surface area (Å²) in [6, 6.07) is 16.7. The monoisotopic (exact) mass is 362 g/mol. The van der Waals surface area contributed by atoms with E-state index in [0.29, 0.717) is 6.54 Å². The molecule has 3 aromatic heterocycles. The predicted molar refractivity (Wildman–Crippen MR) is 102 cm³/mol. The predicted octanol–water partition coefficient (Wildman–Crippen LogP) is 3.11. The van der Waals surface area contributed by atoms with Crippen LogP contribution in [0.5, 0.6) is 0 Å². The Labute approximate surface area is 158 Å². The number of aryl methyl sites for hydroxylation is 1. The van der Waals surface area contributed by atoms with E-state index in [1.165, 1.54) is 0 Å². The molecule has 0 bridgehead atoms. The second-order valence-corrected chi connectivity index (χ2v) is 6.18. The third kappa shape index (κ3) is 4.95. The fourth-order valence-corrected chi connectivity index (χ4v) is 3.04. The molecule has 3 heterocycles. The molecule has 0 fully saturated rings. The van der Waals surface area contributed by atoms with Gasteiger partial charge in [0, 0.05) is 24.6 Å². The zero-order chi connectivity index (χ0) is 19.1. The van der Waals surface area contributed by atoms with E-state index in [-0.39, 0.29) is 12.6 Å². The molecule has 0 amide bonds. The average molecular weight is 362 g/mol. The lowest BCUT2D eigenvalue weighted by molar-refractivity contribution is -0.139. The minimum Gasteiger partial charge on any atom is -0.480 e.